The van der Waals surface area contributed by atoms with Crippen molar-refractivity contribution < 1.29 is 23.8 Å². The fraction of sp³-hybridized carbons (Fsp3) is 0.600. The van der Waals surface area contributed by atoms with Gasteiger partial charge in [-0.1, -0.05) is 0 Å². The van der Waals surface area contributed by atoms with Crippen LogP contribution in [-0.2, 0) is 16.1 Å². The predicted molar refractivity (Wildman–Crippen MR) is 101 cm³/mol. The van der Waals surface area contributed by atoms with Crippen LogP contribution in [0, 0.1) is 5.82 Å². The number of aliphatic hydroxyl groups is 1. The summed E-state index contributed by atoms with van der Waals surface area (Å²) in [5.74, 6) is -0.461. The van der Waals surface area contributed by atoms with E-state index in [2.05, 4.69) is 5.32 Å². The van der Waals surface area contributed by atoms with Gasteiger partial charge in [0.05, 0.1) is 12.6 Å². The smallest absolute Gasteiger partial charge is 0.256 e. The molecule has 0 aliphatic carbocycles. The highest BCUT2D eigenvalue weighted by Crippen LogP contribution is 2.29. The summed E-state index contributed by atoms with van der Waals surface area (Å²) < 4.78 is 19.3. The van der Waals surface area contributed by atoms with E-state index >= 15 is 0 Å². The molecule has 3 rings (SSSR count). The van der Waals surface area contributed by atoms with Crippen molar-refractivity contribution in [3.63, 3.8) is 0 Å². The molecule has 0 aromatic heterocycles. The average molecular weight is 393 g/mol. The number of nitrogens with zero attached hydrogens (tertiary/aromatic N) is 2. The molecule has 2 amide bonds. The molecule has 1 atom stereocenters. The minimum absolute atomic E-state index is 0.0635. The van der Waals surface area contributed by atoms with Gasteiger partial charge >= 0.3 is 0 Å². The number of likely N-dealkylation sites (tertiary alicyclic amines) is 1. The van der Waals surface area contributed by atoms with Crippen molar-refractivity contribution in [1.82, 2.24) is 15.1 Å². The Morgan fingerprint density at radius 1 is 1.29 bits per heavy atom. The lowest BCUT2D eigenvalue weighted by Gasteiger charge is -2.46. The number of hydrogen-bond acceptors (Lipinski definition) is 5. The van der Waals surface area contributed by atoms with Crippen LogP contribution in [0.15, 0.2) is 18.2 Å². The number of nitrogens with one attached hydrogen (secondary N) is 1. The van der Waals surface area contributed by atoms with Crippen molar-refractivity contribution in [2.45, 2.75) is 44.4 Å². The van der Waals surface area contributed by atoms with Gasteiger partial charge in [-0.15, -0.1) is 0 Å². The monoisotopic (exact) mass is 393 g/mol. The number of hydrogen-bond donors (Lipinski definition) is 2. The molecule has 2 saturated heterocycles. The maximum absolute atomic E-state index is 14.2. The van der Waals surface area contributed by atoms with Gasteiger partial charge in [0, 0.05) is 38.3 Å². The second-order valence-corrected chi connectivity index (χ2v) is 8.06. The minimum Gasteiger partial charge on any atom is -0.497 e. The molecule has 0 unspecified atom stereocenters. The van der Waals surface area contributed by atoms with Gasteiger partial charge in [-0.2, -0.15) is 0 Å². The number of ether oxygens (including phenoxy) is 1. The van der Waals surface area contributed by atoms with Crippen LogP contribution in [0.2, 0.25) is 0 Å². The highest BCUT2D eigenvalue weighted by Gasteiger charge is 2.48. The van der Waals surface area contributed by atoms with Crippen LogP contribution in [0.3, 0.4) is 0 Å². The zero-order valence-electron chi connectivity index (χ0n) is 16.6. The number of carbonyl (C=O) groups is 2. The van der Waals surface area contributed by atoms with E-state index in [1.54, 1.807) is 19.9 Å². The van der Waals surface area contributed by atoms with Gasteiger partial charge < -0.3 is 20.1 Å². The normalized spacial score (nSPS) is 25.5. The Bertz CT molecular complexity index is 770. The summed E-state index contributed by atoms with van der Waals surface area (Å²) in [5.41, 5.74) is -2.06. The van der Waals surface area contributed by atoms with Crippen molar-refractivity contribution in [3.05, 3.63) is 29.6 Å². The number of methoxy groups -OCH3 is 1. The molecule has 28 heavy (non-hydrogen) atoms. The second kappa shape index (κ2) is 7.67. The first-order valence-electron chi connectivity index (χ1n) is 9.55. The number of β-amino-alcohol motifs (C(OH)–C–C–N with tert-alkyl or cyclic N) is 1. The van der Waals surface area contributed by atoms with E-state index in [4.69, 9.17) is 4.74 Å². The molecule has 154 valence electrons. The third-order valence-corrected chi connectivity index (χ3v) is 5.78. The SMILES string of the molecule is COc1ccc(F)c(CN2CCC[C@@](O)(CN3CCNC(=O)C3(C)C)C2=O)c1. The van der Waals surface area contributed by atoms with Crippen LogP contribution < -0.4 is 10.1 Å². The molecule has 0 bridgehead atoms. The number of halogens is 1. The standard InChI is InChI=1S/C20H28FN3O4/c1-19(2)17(25)22-8-10-24(19)13-20(27)7-4-9-23(18(20)26)12-14-11-15(28-3)5-6-16(14)21/h5-6,11,27H,4,7-10,12-13H2,1-3H3,(H,22,25)/t20-/m1/s1. The molecule has 2 fully saturated rings. The largest absolute Gasteiger partial charge is 0.497 e. The summed E-state index contributed by atoms with van der Waals surface area (Å²) in [6.45, 7) is 5.17. The highest BCUT2D eigenvalue weighted by molar-refractivity contribution is 5.88. The number of piperidine rings is 1. The van der Waals surface area contributed by atoms with Crippen molar-refractivity contribution in [1.29, 1.82) is 0 Å². The third-order valence-electron chi connectivity index (χ3n) is 5.78. The Labute approximate surface area is 164 Å². The maximum Gasteiger partial charge on any atom is 0.256 e. The predicted octanol–water partition coefficient (Wildman–Crippen LogP) is 0.898. The minimum atomic E-state index is -1.59. The van der Waals surface area contributed by atoms with Gasteiger partial charge in [-0.3, -0.25) is 14.5 Å². The van der Waals surface area contributed by atoms with E-state index < -0.39 is 22.9 Å². The van der Waals surface area contributed by atoms with E-state index in [-0.39, 0.29) is 19.0 Å². The van der Waals surface area contributed by atoms with Gasteiger partial charge in [-0.05, 0) is 44.9 Å². The summed E-state index contributed by atoms with van der Waals surface area (Å²) in [6, 6.07) is 4.40. The van der Waals surface area contributed by atoms with Crippen LogP contribution in [0.5, 0.6) is 5.75 Å². The first-order chi connectivity index (χ1) is 13.2. The Balaban J connectivity index is 1.77. The van der Waals surface area contributed by atoms with Gasteiger partial charge in [0.25, 0.3) is 5.91 Å². The molecule has 0 saturated carbocycles. The summed E-state index contributed by atoms with van der Waals surface area (Å²) in [4.78, 5) is 28.6. The van der Waals surface area contributed by atoms with Crippen LogP contribution in [0.4, 0.5) is 4.39 Å². The van der Waals surface area contributed by atoms with Gasteiger partial charge in [0.2, 0.25) is 5.91 Å². The lowest BCUT2D eigenvalue weighted by Crippen LogP contribution is -2.67. The van der Waals surface area contributed by atoms with Crippen molar-refractivity contribution in [2.24, 2.45) is 0 Å². The molecule has 2 heterocycles. The molecule has 8 heteroatoms. The zero-order valence-corrected chi connectivity index (χ0v) is 16.6. The number of rotatable bonds is 5. The number of amides is 2. The fourth-order valence-corrected chi connectivity index (χ4v) is 3.90. The maximum atomic E-state index is 14.2. The first-order valence-corrected chi connectivity index (χ1v) is 9.55. The molecule has 1 aromatic carbocycles. The number of piperazine rings is 1. The Morgan fingerprint density at radius 3 is 2.75 bits per heavy atom. The molecule has 1 aromatic rings. The van der Waals surface area contributed by atoms with E-state index in [1.807, 2.05) is 4.90 Å². The fourth-order valence-electron chi connectivity index (χ4n) is 3.90. The van der Waals surface area contributed by atoms with Gasteiger partial charge in [0.1, 0.15) is 11.6 Å². The van der Waals surface area contributed by atoms with Gasteiger partial charge in [0.15, 0.2) is 5.60 Å². The molecule has 7 nitrogen and oxygen atoms in total. The summed E-state index contributed by atoms with van der Waals surface area (Å²) in [6.07, 6.45) is 0.922. The van der Waals surface area contributed by atoms with Crippen LogP contribution in [-0.4, -0.2) is 71.1 Å². The lowest BCUT2D eigenvalue weighted by atomic mass is 9.88. The molecule has 0 spiro atoms. The van der Waals surface area contributed by atoms with E-state index in [0.29, 0.717) is 43.8 Å². The molecule has 2 aliphatic rings. The quantitative estimate of drug-likeness (QED) is 0.777. The highest BCUT2D eigenvalue weighted by atomic mass is 19.1. The van der Waals surface area contributed by atoms with Gasteiger partial charge in [-0.25, -0.2) is 4.39 Å². The van der Waals surface area contributed by atoms with E-state index in [1.165, 1.54) is 24.1 Å². The van der Waals surface area contributed by atoms with E-state index in [0.717, 1.165) is 0 Å². The van der Waals surface area contributed by atoms with E-state index in [9.17, 15) is 19.1 Å². The second-order valence-electron chi connectivity index (χ2n) is 8.06. The van der Waals surface area contributed by atoms with Crippen molar-refractivity contribution in [2.75, 3.05) is 33.3 Å². The summed E-state index contributed by atoms with van der Waals surface area (Å²) >= 11 is 0. The number of benzene rings is 1. The molecular formula is C20H28FN3O4. The molecule has 2 N–H and O–H groups in total. The lowest BCUT2D eigenvalue weighted by molar-refractivity contribution is -0.164. The summed E-state index contributed by atoms with van der Waals surface area (Å²) in [5, 5.41) is 14.0. The van der Waals surface area contributed by atoms with Crippen molar-refractivity contribution in [3.8, 4) is 5.75 Å². The summed E-state index contributed by atoms with van der Waals surface area (Å²) in [7, 11) is 1.50. The third kappa shape index (κ3) is 3.84. The van der Waals surface area contributed by atoms with Crippen LogP contribution in [0.1, 0.15) is 32.3 Å². The van der Waals surface area contributed by atoms with Crippen LogP contribution >= 0.6 is 0 Å². The van der Waals surface area contributed by atoms with Crippen LogP contribution in [0.25, 0.3) is 0 Å². The van der Waals surface area contributed by atoms with Crippen molar-refractivity contribution >= 4 is 11.8 Å². The molecule has 2 aliphatic heterocycles. The topological polar surface area (TPSA) is 82.1 Å². The Hall–Kier alpha value is -2.19. The zero-order chi connectivity index (χ0) is 20.5. The Morgan fingerprint density at radius 2 is 2.04 bits per heavy atom. The number of carbonyl (C=O) groups excluding carboxylic acids is 2. The Kier molecular flexibility index (Phi) is 5.63. The average Bonchev–Trinajstić information content (AvgIpc) is 2.65. The molecule has 0 radical (unpaired) electrons. The first kappa shape index (κ1) is 20.5. The molecular weight excluding hydrogens is 365 g/mol.